The van der Waals surface area contributed by atoms with E-state index in [-0.39, 0.29) is 107 Å². The van der Waals surface area contributed by atoms with E-state index >= 15 is 0 Å². The Labute approximate surface area is 605 Å². The minimum atomic E-state index is -5.34. The van der Waals surface area contributed by atoms with Gasteiger partial charge in [0.05, 0.1) is 88.9 Å². The van der Waals surface area contributed by atoms with E-state index in [0.717, 1.165) is 32.7 Å². The number of carbonyl (C=O) groups excluding carboxylic acids is 1. The fraction of sp³-hybridized carbons (Fsp3) is 0.212. The number of nitrogen functional groups attached to an aromatic ring is 3. The molecule has 4 unspecified atom stereocenters. The van der Waals surface area contributed by atoms with Gasteiger partial charge in [0, 0.05) is 18.9 Å². The van der Waals surface area contributed by atoms with Gasteiger partial charge in [-0.3, -0.25) is 23.4 Å². The maximum atomic E-state index is 12.9. The average molecular weight is 1670 g/mol. The van der Waals surface area contributed by atoms with Gasteiger partial charge in [-0.2, -0.15) is 102 Å². The van der Waals surface area contributed by atoms with E-state index in [2.05, 4.69) is 20.4 Å². The summed E-state index contributed by atoms with van der Waals surface area (Å²) in [5, 5.41) is 47.0. The van der Waals surface area contributed by atoms with Crippen LogP contribution in [0.5, 0.6) is 0 Å². The topological polar surface area (TPSA) is 337 Å². The zero-order valence-electron chi connectivity index (χ0n) is 49.3. The SMILES string of the molecule is CC(=O)c1c(S(=O)C(F)(F)F)c(C#N)nn1-c1c(Cl)cc(C(F)(F)F)cc1Cl.CCS(=O)c1c(C#N)nn(-c2c(Cl)cc(C(F)(F)F)cc2Cl)c1N.CS(=N)c1c(C#N)nn(-c2c(Cl)cc(C(F)(F)F)cc2Cl)c1N.CSC(=N)c1nn(-c2c(Cl)cc(C(F)(F)F)cc2Cl)c(N)c1S(C)=O. The first-order valence-corrected chi connectivity index (χ1v) is 35.2. The molecule has 536 valence electrons. The van der Waals surface area contributed by atoms with Crippen molar-refractivity contribution in [2.45, 2.75) is 63.6 Å². The van der Waals surface area contributed by atoms with Crippen molar-refractivity contribution in [1.29, 1.82) is 26.0 Å². The largest absolute Gasteiger partial charge is 0.476 e. The van der Waals surface area contributed by atoms with Crippen molar-refractivity contribution in [3.63, 3.8) is 0 Å². The summed E-state index contributed by atoms with van der Waals surface area (Å²) in [5.41, 5.74) is 4.93. The second kappa shape index (κ2) is 32.2. The van der Waals surface area contributed by atoms with Crippen LogP contribution in [0.15, 0.2) is 68.1 Å². The summed E-state index contributed by atoms with van der Waals surface area (Å²) in [6, 6.07) is 9.78. The maximum Gasteiger partial charge on any atom is 0.476 e. The molecule has 0 spiro atoms. The summed E-state index contributed by atoms with van der Waals surface area (Å²) < 4.78 is 239. The summed E-state index contributed by atoms with van der Waals surface area (Å²) in [4.78, 5) is 11.0. The van der Waals surface area contributed by atoms with E-state index in [1.807, 2.05) is 0 Å². The molecule has 0 aliphatic rings. The lowest BCUT2D eigenvalue weighted by Gasteiger charge is -2.14. The van der Waals surface area contributed by atoms with E-state index in [1.54, 1.807) is 25.3 Å². The van der Waals surface area contributed by atoms with E-state index in [1.165, 1.54) is 18.6 Å². The van der Waals surface area contributed by atoms with Gasteiger partial charge >= 0.3 is 30.2 Å². The Balaban J connectivity index is 0.000000241. The van der Waals surface area contributed by atoms with Gasteiger partial charge < -0.3 is 17.2 Å². The van der Waals surface area contributed by atoms with Crippen LogP contribution in [0.25, 0.3) is 22.7 Å². The first-order valence-electron chi connectivity index (χ1n) is 25.3. The van der Waals surface area contributed by atoms with Crippen LogP contribution in [-0.4, -0.2) is 92.6 Å². The number of nitrogens with two attached hydrogens (primary N) is 3. The van der Waals surface area contributed by atoms with Crippen molar-refractivity contribution in [2.24, 2.45) is 0 Å². The van der Waals surface area contributed by atoms with Gasteiger partial charge in [-0.25, -0.2) is 22.9 Å². The van der Waals surface area contributed by atoms with Crippen LogP contribution in [0.3, 0.4) is 0 Å². The van der Waals surface area contributed by atoms with Crippen LogP contribution in [0.2, 0.25) is 40.2 Å². The number of aromatic nitrogens is 8. The van der Waals surface area contributed by atoms with E-state index in [4.69, 9.17) is 136 Å². The van der Waals surface area contributed by atoms with Gasteiger partial charge in [-0.15, -0.1) is 11.8 Å². The van der Waals surface area contributed by atoms with E-state index in [9.17, 15) is 83.3 Å². The molecule has 100 heavy (non-hydrogen) atoms. The molecule has 0 saturated heterocycles. The molecule has 0 fully saturated rings. The highest BCUT2D eigenvalue weighted by atomic mass is 35.5. The first kappa shape index (κ1) is 83.8. The number of halogens is 23. The molecule has 0 amide bonds. The normalized spacial score (nSPS) is 13.1. The summed E-state index contributed by atoms with van der Waals surface area (Å²) in [6.07, 6.45) is -14.2. The Hall–Kier alpha value is -6.85. The van der Waals surface area contributed by atoms with Gasteiger partial charge in [0.15, 0.2) is 33.7 Å². The molecule has 4 heterocycles. The van der Waals surface area contributed by atoms with Crippen molar-refractivity contribution in [2.75, 3.05) is 41.7 Å². The maximum absolute atomic E-state index is 12.9. The van der Waals surface area contributed by atoms with Crippen molar-refractivity contribution in [3.05, 3.63) is 139 Å². The summed E-state index contributed by atoms with van der Waals surface area (Å²) >= 11 is 48.2. The molecule has 4 aromatic heterocycles. The predicted octanol–water partition coefficient (Wildman–Crippen LogP) is 16.9. The van der Waals surface area contributed by atoms with Crippen LogP contribution in [0.1, 0.15) is 69.4 Å². The number of hydrogen-bond donors (Lipinski definition) is 5. The Morgan fingerprint density at radius 1 is 0.510 bits per heavy atom. The van der Waals surface area contributed by atoms with Crippen LogP contribution >= 0.6 is 105 Å². The highest BCUT2D eigenvalue weighted by Crippen LogP contribution is 2.45. The number of nitrogens with zero attached hydrogens (tertiary/aromatic N) is 11. The lowest BCUT2D eigenvalue weighted by molar-refractivity contribution is -0.138. The monoisotopic (exact) mass is 1670 g/mol. The Morgan fingerprint density at radius 2 is 0.780 bits per heavy atom. The molecule has 0 radical (unpaired) electrons. The molecular formula is C52H33Cl8F15N16O4S5. The average Bonchev–Trinajstić information content (AvgIpc) is 1.59. The predicted molar refractivity (Wildman–Crippen MR) is 348 cm³/mol. The minimum Gasteiger partial charge on any atom is -0.383 e. The third kappa shape index (κ3) is 18.3. The van der Waals surface area contributed by atoms with E-state index < -0.39 is 133 Å². The van der Waals surface area contributed by atoms with Crippen molar-refractivity contribution in [3.8, 4) is 41.0 Å². The number of nitrogens with one attached hydrogen (secondary N) is 2. The molecule has 8 aromatic rings. The summed E-state index contributed by atoms with van der Waals surface area (Å²) in [7, 11) is -8.14. The summed E-state index contributed by atoms with van der Waals surface area (Å²) in [5.74, 6) is -1.27. The second-order valence-corrected chi connectivity index (χ2v) is 28.7. The molecule has 8 N–H and O–H groups in total. The molecule has 4 aromatic carbocycles. The lowest BCUT2D eigenvalue weighted by atomic mass is 10.2. The smallest absolute Gasteiger partial charge is 0.383 e. The molecule has 0 saturated carbocycles. The number of ketones is 1. The van der Waals surface area contributed by atoms with Crippen LogP contribution in [-0.2, 0) is 67.8 Å². The van der Waals surface area contributed by atoms with Gasteiger partial charge in [0.25, 0.3) is 0 Å². The van der Waals surface area contributed by atoms with Crippen molar-refractivity contribution in [1.82, 2.24) is 39.1 Å². The van der Waals surface area contributed by atoms with Gasteiger partial charge in [-0.05, 0) is 61.0 Å². The highest BCUT2D eigenvalue weighted by molar-refractivity contribution is 8.13. The molecule has 20 nitrogen and oxygen atoms in total. The quantitative estimate of drug-likeness (QED) is 0.0348. The van der Waals surface area contributed by atoms with Gasteiger partial charge in [0.1, 0.15) is 89.5 Å². The number of nitriles is 3. The Morgan fingerprint density at radius 3 is 1.03 bits per heavy atom. The number of thioether (sulfide) groups is 1. The molecular weight excluding hydrogens is 1640 g/mol. The zero-order chi connectivity index (χ0) is 76.5. The fourth-order valence-corrected chi connectivity index (χ4v) is 14.4. The Bertz CT molecular complexity index is 4750. The molecule has 4 atom stereocenters. The standard InChI is InChI=1S/C14H5Cl2F6N3O2S.C13H11Cl2F3N4OS2.C13H9Cl2F3N4OS.C12H8Cl2F3N5S/c1-5(26)10-12(28(27)14(20,21)22)9(4-23)24-25(10)11-7(15)2-6(3-8(11)16)13(17,18)19;1-24-12(20)8-10(25(2)23)11(19)22(21-8)9-6(14)3-5(4-7(9)15)13(16,17)18;1-2-24(23)11-9(5-19)21-22(12(11)20)10-7(14)3-6(4-8(10)15)13(16,17)18;1-23(20)10-8(4-18)21-22(11(10)19)9-6(13)2-5(3-7(9)14)12(15,16)17/h2-3H,1H3;3-4,20H,19H2,1-2H3;3-4H,2,20H2,1H3;2-3,20H,19H2,1H3. The molecule has 0 aliphatic heterocycles. The number of hydrogen-bond acceptors (Lipinski definition) is 17. The number of Topliss-reactive ketones (excluding diaryl/α,β-unsaturated/α-hetero) is 1. The van der Waals surface area contributed by atoms with Crippen LogP contribution < -0.4 is 17.2 Å². The fourth-order valence-electron chi connectivity index (χ4n) is 8.07. The molecule has 48 heteroatoms. The van der Waals surface area contributed by atoms with Gasteiger partial charge in [0.2, 0.25) is 0 Å². The summed E-state index contributed by atoms with van der Waals surface area (Å²) in [6.45, 7) is 2.41. The third-order valence-electron chi connectivity index (χ3n) is 12.2. The number of anilines is 3. The van der Waals surface area contributed by atoms with Crippen LogP contribution in [0.4, 0.5) is 83.3 Å². The van der Waals surface area contributed by atoms with Gasteiger partial charge in [-0.1, -0.05) is 110 Å². The number of rotatable bonds is 11. The Kier molecular flexibility index (Phi) is 27.0. The second-order valence-electron chi connectivity index (χ2n) is 18.7. The molecule has 0 aliphatic carbocycles. The number of benzene rings is 4. The number of alkyl halides is 15. The molecule has 8 rings (SSSR count). The van der Waals surface area contributed by atoms with Crippen molar-refractivity contribution >= 4 is 176 Å². The third-order valence-corrected chi connectivity index (χ3v) is 19.7. The molecule has 0 bridgehead atoms. The van der Waals surface area contributed by atoms with Crippen LogP contribution in [0, 0.1) is 44.2 Å². The van der Waals surface area contributed by atoms with Crippen molar-refractivity contribution < 1.29 is 83.3 Å². The minimum absolute atomic E-state index is 0.00481. The first-order chi connectivity index (χ1) is 45.9. The highest BCUT2D eigenvalue weighted by Gasteiger charge is 2.45. The lowest BCUT2D eigenvalue weighted by Crippen LogP contribution is -2.19. The number of carbonyl (C=O) groups is 1. The van der Waals surface area contributed by atoms with E-state index in [0.29, 0.717) is 53.2 Å². The zero-order valence-corrected chi connectivity index (χ0v) is 59.5.